The Morgan fingerprint density at radius 3 is 2.55 bits per heavy atom. The average Bonchev–Trinajstić information content (AvgIpc) is 2.99. The van der Waals surface area contributed by atoms with Gasteiger partial charge in [-0.05, 0) is 42.3 Å². The van der Waals surface area contributed by atoms with Crippen LogP contribution in [0.3, 0.4) is 0 Å². The Balaban J connectivity index is 1.70. The lowest BCUT2D eigenvalue weighted by Gasteiger charge is -2.22. The summed E-state index contributed by atoms with van der Waals surface area (Å²) in [4.78, 5) is 16.6. The van der Waals surface area contributed by atoms with Crippen molar-refractivity contribution in [2.24, 2.45) is 0 Å². The SMILES string of the molecule is CCNS(=O)(=O)c1ccc(F)c(C(=O)N2CCCN(Cc3ccc(C#N)cc3)CC2)c1. The summed E-state index contributed by atoms with van der Waals surface area (Å²) in [6.45, 7) is 4.81. The summed E-state index contributed by atoms with van der Waals surface area (Å²) in [6.07, 6.45) is 0.721. The zero-order chi connectivity index (χ0) is 22.4. The minimum absolute atomic E-state index is 0.128. The van der Waals surface area contributed by atoms with Gasteiger partial charge in [0, 0.05) is 39.3 Å². The van der Waals surface area contributed by atoms with E-state index in [0.717, 1.165) is 36.7 Å². The molecular formula is C22H25FN4O3S. The quantitative estimate of drug-likeness (QED) is 0.738. The molecule has 7 nitrogen and oxygen atoms in total. The van der Waals surface area contributed by atoms with Crippen LogP contribution >= 0.6 is 0 Å². The third-order valence-corrected chi connectivity index (χ3v) is 6.72. The van der Waals surface area contributed by atoms with E-state index in [0.29, 0.717) is 31.7 Å². The lowest BCUT2D eigenvalue weighted by Crippen LogP contribution is -2.35. The molecule has 0 atom stereocenters. The monoisotopic (exact) mass is 444 g/mol. The van der Waals surface area contributed by atoms with Gasteiger partial charge < -0.3 is 4.90 Å². The van der Waals surface area contributed by atoms with Crippen molar-refractivity contribution in [3.8, 4) is 6.07 Å². The van der Waals surface area contributed by atoms with Crippen LogP contribution in [0.25, 0.3) is 0 Å². The highest BCUT2D eigenvalue weighted by Gasteiger charge is 2.25. The summed E-state index contributed by atoms with van der Waals surface area (Å²) in [5.74, 6) is -1.24. The van der Waals surface area contributed by atoms with Gasteiger partial charge in [-0.15, -0.1) is 0 Å². The van der Waals surface area contributed by atoms with E-state index in [1.165, 1.54) is 0 Å². The highest BCUT2D eigenvalue weighted by Crippen LogP contribution is 2.19. The third-order valence-electron chi connectivity index (χ3n) is 5.18. The van der Waals surface area contributed by atoms with Gasteiger partial charge in [0.15, 0.2) is 0 Å². The van der Waals surface area contributed by atoms with Crippen molar-refractivity contribution in [1.82, 2.24) is 14.5 Å². The van der Waals surface area contributed by atoms with Gasteiger partial charge in [-0.3, -0.25) is 9.69 Å². The summed E-state index contributed by atoms with van der Waals surface area (Å²) in [7, 11) is -3.79. The predicted octanol–water partition coefficient (Wildman–Crippen LogP) is 2.34. The molecule has 1 saturated heterocycles. The lowest BCUT2D eigenvalue weighted by molar-refractivity contribution is 0.0756. The van der Waals surface area contributed by atoms with Crippen LogP contribution in [0.1, 0.15) is 34.8 Å². The number of rotatable bonds is 6. The van der Waals surface area contributed by atoms with Crippen LogP contribution < -0.4 is 4.72 Å². The number of amides is 1. The van der Waals surface area contributed by atoms with E-state index in [9.17, 15) is 17.6 Å². The first-order chi connectivity index (χ1) is 14.8. The molecule has 0 aromatic heterocycles. The summed E-state index contributed by atoms with van der Waals surface area (Å²) in [5.41, 5.74) is 1.45. The molecule has 1 heterocycles. The fraction of sp³-hybridized carbons (Fsp3) is 0.364. The summed E-state index contributed by atoms with van der Waals surface area (Å²) < 4.78 is 41.2. The fourth-order valence-electron chi connectivity index (χ4n) is 3.55. The van der Waals surface area contributed by atoms with Crippen molar-refractivity contribution in [3.63, 3.8) is 0 Å². The zero-order valence-electron chi connectivity index (χ0n) is 17.3. The third kappa shape index (κ3) is 5.67. The molecule has 2 aromatic rings. The first-order valence-corrected chi connectivity index (χ1v) is 11.6. The second kappa shape index (κ2) is 10.0. The van der Waals surface area contributed by atoms with Gasteiger partial charge in [0.05, 0.1) is 22.1 Å². The highest BCUT2D eigenvalue weighted by atomic mass is 32.2. The molecule has 0 spiro atoms. The van der Waals surface area contributed by atoms with Crippen molar-refractivity contribution >= 4 is 15.9 Å². The standard InChI is InChI=1S/C22H25FN4O3S/c1-2-25-31(29,30)19-8-9-21(23)20(14-19)22(28)27-11-3-10-26(12-13-27)16-18-6-4-17(15-24)5-7-18/h4-9,14,25H,2-3,10-13,16H2,1H3. The Kier molecular flexibility index (Phi) is 7.38. The van der Waals surface area contributed by atoms with Crippen LogP contribution in [-0.2, 0) is 16.6 Å². The molecule has 0 unspecified atom stereocenters. The van der Waals surface area contributed by atoms with Crippen molar-refractivity contribution in [1.29, 1.82) is 5.26 Å². The Morgan fingerprint density at radius 1 is 1.13 bits per heavy atom. The van der Waals surface area contributed by atoms with Crippen LogP contribution in [0.15, 0.2) is 47.4 Å². The first kappa shape index (κ1) is 22.9. The van der Waals surface area contributed by atoms with E-state index < -0.39 is 21.7 Å². The number of benzene rings is 2. The molecule has 31 heavy (non-hydrogen) atoms. The number of nitrogens with zero attached hydrogens (tertiary/aromatic N) is 3. The molecule has 0 radical (unpaired) electrons. The van der Waals surface area contributed by atoms with Gasteiger partial charge in [-0.2, -0.15) is 5.26 Å². The Labute approximate surface area is 182 Å². The number of carbonyl (C=O) groups excluding carboxylic acids is 1. The van der Waals surface area contributed by atoms with Crippen molar-refractivity contribution in [3.05, 3.63) is 65.0 Å². The van der Waals surface area contributed by atoms with E-state index in [2.05, 4.69) is 15.7 Å². The van der Waals surface area contributed by atoms with Gasteiger partial charge in [0.2, 0.25) is 10.0 Å². The molecule has 2 aromatic carbocycles. The average molecular weight is 445 g/mol. The highest BCUT2D eigenvalue weighted by molar-refractivity contribution is 7.89. The molecule has 0 aliphatic carbocycles. The Hall–Kier alpha value is -2.80. The van der Waals surface area contributed by atoms with Crippen LogP contribution in [0.4, 0.5) is 4.39 Å². The molecule has 0 bridgehead atoms. The second-order valence-electron chi connectivity index (χ2n) is 7.37. The van der Waals surface area contributed by atoms with Gasteiger partial charge in [-0.25, -0.2) is 17.5 Å². The maximum Gasteiger partial charge on any atom is 0.256 e. The Morgan fingerprint density at radius 2 is 1.87 bits per heavy atom. The number of hydrogen-bond donors (Lipinski definition) is 1. The number of nitrogens with one attached hydrogen (secondary N) is 1. The van der Waals surface area contributed by atoms with Gasteiger partial charge in [0.1, 0.15) is 5.82 Å². The zero-order valence-corrected chi connectivity index (χ0v) is 18.2. The van der Waals surface area contributed by atoms with E-state index in [-0.39, 0.29) is 17.0 Å². The Bertz CT molecular complexity index is 1080. The molecule has 0 saturated carbocycles. The van der Waals surface area contributed by atoms with E-state index in [1.54, 1.807) is 24.0 Å². The summed E-state index contributed by atoms with van der Waals surface area (Å²) >= 11 is 0. The normalized spacial score (nSPS) is 15.3. The fourth-order valence-corrected chi connectivity index (χ4v) is 4.62. The molecule has 3 rings (SSSR count). The number of halogens is 1. The first-order valence-electron chi connectivity index (χ1n) is 10.1. The molecule has 1 N–H and O–H groups in total. The minimum Gasteiger partial charge on any atom is -0.337 e. The van der Waals surface area contributed by atoms with Crippen molar-refractivity contribution < 1.29 is 17.6 Å². The van der Waals surface area contributed by atoms with E-state index >= 15 is 0 Å². The lowest BCUT2D eigenvalue weighted by atomic mass is 10.1. The number of nitriles is 1. The maximum atomic E-state index is 14.4. The van der Waals surface area contributed by atoms with Crippen LogP contribution in [-0.4, -0.2) is 56.8 Å². The number of sulfonamides is 1. The molecule has 1 amide bonds. The van der Waals surface area contributed by atoms with Crippen molar-refractivity contribution in [2.75, 3.05) is 32.7 Å². The molecule has 9 heteroatoms. The summed E-state index contributed by atoms with van der Waals surface area (Å²) in [5, 5.41) is 8.91. The maximum absolute atomic E-state index is 14.4. The predicted molar refractivity (Wildman–Crippen MR) is 114 cm³/mol. The number of carbonyl (C=O) groups is 1. The molecule has 1 fully saturated rings. The molecule has 1 aliphatic heterocycles. The van der Waals surface area contributed by atoms with E-state index in [1.807, 2.05) is 12.1 Å². The topological polar surface area (TPSA) is 93.5 Å². The molecule has 164 valence electrons. The minimum atomic E-state index is -3.79. The van der Waals surface area contributed by atoms with E-state index in [4.69, 9.17) is 5.26 Å². The van der Waals surface area contributed by atoms with Gasteiger partial charge in [-0.1, -0.05) is 19.1 Å². The molecule has 1 aliphatic rings. The molecular weight excluding hydrogens is 419 g/mol. The number of hydrogen-bond acceptors (Lipinski definition) is 5. The van der Waals surface area contributed by atoms with Crippen LogP contribution in [0.5, 0.6) is 0 Å². The largest absolute Gasteiger partial charge is 0.337 e. The summed E-state index contributed by atoms with van der Waals surface area (Å²) in [6, 6.07) is 12.8. The van der Waals surface area contributed by atoms with Crippen molar-refractivity contribution in [2.45, 2.75) is 24.8 Å². The van der Waals surface area contributed by atoms with Gasteiger partial charge >= 0.3 is 0 Å². The smallest absolute Gasteiger partial charge is 0.256 e. The van der Waals surface area contributed by atoms with Crippen LogP contribution in [0, 0.1) is 17.1 Å². The van der Waals surface area contributed by atoms with Gasteiger partial charge in [0.25, 0.3) is 5.91 Å². The second-order valence-corrected chi connectivity index (χ2v) is 9.14. The van der Waals surface area contributed by atoms with Crippen LogP contribution in [0.2, 0.25) is 0 Å².